The van der Waals surface area contributed by atoms with Gasteiger partial charge in [0.05, 0.1) is 27.8 Å². The summed E-state index contributed by atoms with van der Waals surface area (Å²) >= 11 is 0. The Labute approximate surface area is 392 Å². The molecule has 0 fully saturated rings. The van der Waals surface area contributed by atoms with Gasteiger partial charge in [-0.15, -0.1) is 29.3 Å². The van der Waals surface area contributed by atoms with Crippen molar-refractivity contribution in [3.8, 4) is 78.6 Å². The molecule has 0 aliphatic carbocycles. The van der Waals surface area contributed by atoms with Gasteiger partial charge in [-0.05, 0) is 106 Å². The van der Waals surface area contributed by atoms with E-state index in [1.54, 1.807) is 25.3 Å². The standard InChI is InChI=1S/C58H52N3O.Pt/c1-37-24-26-39(27-25-37)41-30-31-59-50(36-41)44-33-43(34-45(35-44)57(3,4)5)47-20-15-22-52-55(47)60-56(48-18-12-13-23-53(48)62)61(52)51-29-28-42(32-38(51)2)54-46(40-16-10-9-11-17-40)19-14-21-49(54)58(6,7)8;/h9-32,34-36,62H,1-8H3;/q-1;/i24D,25D,26D,27D;. The number of phenolic OH excluding ortho intramolecular Hbond substituents is 1. The molecule has 316 valence electrons. The van der Waals surface area contributed by atoms with E-state index in [2.05, 4.69) is 144 Å². The zero-order valence-electron chi connectivity index (χ0n) is 40.9. The molecule has 2 aromatic heterocycles. The van der Waals surface area contributed by atoms with E-state index >= 15 is 0 Å². The van der Waals surface area contributed by atoms with Crippen molar-refractivity contribution in [2.75, 3.05) is 0 Å². The van der Waals surface area contributed by atoms with Gasteiger partial charge in [0.15, 0.2) is 0 Å². The molecule has 7 aromatic carbocycles. The zero-order valence-corrected chi connectivity index (χ0v) is 39.2. The Bertz CT molecular complexity index is 3340. The molecule has 0 unspecified atom stereocenters. The predicted molar refractivity (Wildman–Crippen MR) is 259 cm³/mol. The van der Waals surface area contributed by atoms with E-state index in [9.17, 15) is 5.11 Å². The minimum absolute atomic E-state index is 0. The summed E-state index contributed by atoms with van der Waals surface area (Å²) in [4.78, 5) is 10.2. The first-order valence-corrected chi connectivity index (χ1v) is 21.1. The second kappa shape index (κ2) is 17.1. The molecule has 0 radical (unpaired) electrons. The van der Waals surface area contributed by atoms with E-state index in [1.807, 2.05) is 36.4 Å². The van der Waals surface area contributed by atoms with Crippen LogP contribution in [0.1, 0.15) is 69.3 Å². The van der Waals surface area contributed by atoms with Crippen molar-refractivity contribution in [1.82, 2.24) is 14.5 Å². The number of para-hydroxylation sites is 2. The Hall–Kier alpha value is -6.35. The van der Waals surface area contributed by atoms with Crippen LogP contribution < -0.4 is 0 Å². The average molecular weight is 1010 g/mol. The van der Waals surface area contributed by atoms with Gasteiger partial charge in [-0.25, -0.2) is 4.98 Å². The van der Waals surface area contributed by atoms with Gasteiger partial charge in [0.2, 0.25) is 0 Å². The molecule has 2 heterocycles. The molecule has 9 rings (SSSR count). The summed E-state index contributed by atoms with van der Waals surface area (Å²) in [6.45, 7) is 17.0. The monoisotopic (exact) mass is 1010 g/mol. The van der Waals surface area contributed by atoms with Crippen LogP contribution in [0.4, 0.5) is 0 Å². The van der Waals surface area contributed by atoms with E-state index in [1.165, 1.54) is 16.7 Å². The van der Waals surface area contributed by atoms with Crippen molar-refractivity contribution in [3.05, 3.63) is 192 Å². The smallest absolute Gasteiger partial charge is 0.148 e. The van der Waals surface area contributed by atoms with Crippen LogP contribution >= 0.6 is 0 Å². The number of aryl methyl sites for hydroxylation is 1. The fraction of sp³-hybridized carbons (Fsp3) is 0.172. The Morgan fingerprint density at radius 2 is 1.29 bits per heavy atom. The molecule has 0 atom stereocenters. The Morgan fingerprint density at radius 3 is 2.00 bits per heavy atom. The maximum Gasteiger partial charge on any atom is 0.148 e. The largest absolute Gasteiger partial charge is 0.507 e. The fourth-order valence-corrected chi connectivity index (χ4v) is 8.35. The zero-order chi connectivity index (χ0) is 46.8. The third-order valence-corrected chi connectivity index (χ3v) is 11.6. The first-order valence-electron chi connectivity index (χ1n) is 23.1. The number of imidazole rings is 1. The van der Waals surface area contributed by atoms with Gasteiger partial charge in [0, 0.05) is 33.0 Å². The van der Waals surface area contributed by atoms with Crippen LogP contribution in [0.15, 0.2) is 164 Å². The fourth-order valence-electron chi connectivity index (χ4n) is 8.35. The van der Waals surface area contributed by atoms with Crippen LogP contribution in [0, 0.1) is 19.9 Å². The average Bonchev–Trinajstić information content (AvgIpc) is 3.69. The summed E-state index contributed by atoms with van der Waals surface area (Å²) in [6, 6.07) is 48.5. The molecule has 0 aliphatic rings. The maximum atomic E-state index is 11.4. The molecule has 5 heteroatoms. The Kier molecular flexibility index (Phi) is 10.4. The number of rotatable bonds is 7. The molecule has 0 bridgehead atoms. The molecule has 1 N–H and O–H groups in total. The SMILES string of the molecule is [2H]c1c([2H])c(-c2ccnc(-c3[c-]c(-c4cccc5c4nc(-c4ccccc4O)n5-c4ccc(-c5c(-c6ccccc6)cccc5C(C)(C)C)cc4C)cc(C(C)(C)C)c3)c2)c([2H])c([2H])c1C.[Pt]. The van der Waals surface area contributed by atoms with E-state index in [-0.39, 0.29) is 67.4 Å². The number of pyridine rings is 1. The predicted octanol–water partition coefficient (Wildman–Crippen LogP) is 15.1. The van der Waals surface area contributed by atoms with Crippen molar-refractivity contribution >= 4 is 11.0 Å². The molecule has 0 aliphatic heterocycles. The summed E-state index contributed by atoms with van der Waals surface area (Å²) in [5.74, 6) is 0.729. The third kappa shape index (κ3) is 8.45. The minimum Gasteiger partial charge on any atom is -0.507 e. The van der Waals surface area contributed by atoms with Gasteiger partial charge in [-0.1, -0.05) is 167 Å². The Morgan fingerprint density at radius 1 is 0.603 bits per heavy atom. The van der Waals surface area contributed by atoms with Crippen molar-refractivity contribution in [2.45, 2.75) is 66.2 Å². The van der Waals surface area contributed by atoms with Crippen molar-refractivity contribution in [2.24, 2.45) is 0 Å². The summed E-state index contributed by atoms with van der Waals surface area (Å²) in [5, 5.41) is 11.4. The molecular weight excluding hydrogens is 950 g/mol. The molecule has 9 aromatic rings. The van der Waals surface area contributed by atoms with Crippen LogP contribution in [-0.2, 0) is 31.9 Å². The van der Waals surface area contributed by atoms with Gasteiger partial charge in [-0.2, -0.15) is 0 Å². The van der Waals surface area contributed by atoms with Crippen LogP contribution in [0.3, 0.4) is 0 Å². The number of fused-ring (bicyclic) bond motifs is 1. The first-order chi connectivity index (χ1) is 31.4. The number of phenols is 1. The number of benzene rings is 7. The molecule has 0 amide bonds. The number of aromatic hydroxyl groups is 1. The quantitative estimate of drug-likeness (QED) is 0.162. The summed E-state index contributed by atoms with van der Waals surface area (Å²) in [6.07, 6.45) is 1.65. The summed E-state index contributed by atoms with van der Waals surface area (Å²) < 4.78 is 36.7. The van der Waals surface area contributed by atoms with E-state index in [4.69, 9.17) is 15.5 Å². The number of aromatic nitrogens is 3. The van der Waals surface area contributed by atoms with Gasteiger partial charge in [0.1, 0.15) is 11.6 Å². The maximum absolute atomic E-state index is 11.4. The van der Waals surface area contributed by atoms with Crippen LogP contribution in [-0.4, -0.2) is 19.6 Å². The second-order valence-corrected chi connectivity index (χ2v) is 18.2. The number of nitrogens with zero attached hydrogens (tertiary/aromatic N) is 3. The van der Waals surface area contributed by atoms with Crippen molar-refractivity contribution in [1.29, 1.82) is 0 Å². The van der Waals surface area contributed by atoms with Crippen molar-refractivity contribution in [3.63, 3.8) is 0 Å². The Balaban J connectivity index is 0.00000608. The van der Waals surface area contributed by atoms with Gasteiger partial charge in [-0.3, -0.25) is 9.55 Å². The second-order valence-electron chi connectivity index (χ2n) is 18.2. The van der Waals surface area contributed by atoms with Gasteiger partial charge >= 0.3 is 0 Å². The third-order valence-electron chi connectivity index (χ3n) is 11.6. The molecule has 0 spiro atoms. The van der Waals surface area contributed by atoms with Crippen LogP contribution in [0.25, 0.3) is 83.9 Å². The van der Waals surface area contributed by atoms with Crippen molar-refractivity contribution < 1.29 is 31.7 Å². The van der Waals surface area contributed by atoms with E-state index < -0.39 is 0 Å². The minimum atomic E-state index is -0.269. The van der Waals surface area contributed by atoms with E-state index in [0.29, 0.717) is 28.2 Å². The molecular formula is C58H52N3OPt-. The molecule has 63 heavy (non-hydrogen) atoms. The first kappa shape index (κ1) is 38.3. The summed E-state index contributed by atoms with van der Waals surface area (Å²) in [5.41, 5.74) is 14.8. The van der Waals surface area contributed by atoms with Gasteiger partial charge < -0.3 is 5.11 Å². The molecule has 0 saturated heterocycles. The number of hydrogen-bond acceptors (Lipinski definition) is 3. The molecule has 0 saturated carbocycles. The van der Waals surface area contributed by atoms with E-state index in [0.717, 1.165) is 55.7 Å². The van der Waals surface area contributed by atoms with Gasteiger partial charge in [0.25, 0.3) is 0 Å². The molecule has 4 nitrogen and oxygen atoms in total. The summed E-state index contributed by atoms with van der Waals surface area (Å²) in [7, 11) is 0. The van der Waals surface area contributed by atoms with Crippen LogP contribution in [0.2, 0.25) is 0 Å². The normalized spacial score (nSPS) is 12.6. The number of hydrogen-bond donors (Lipinski definition) is 1. The topological polar surface area (TPSA) is 50.9 Å². The van der Waals surface area contributed by atoms with Crippen LogP contribution in [0.5, 0.6) is 5.75 Å².